The zero-order chi connectivity index (χ0) is 27.5. The maximum absolute atomic E-state index is 13.3. The molecular formula is C27H24FN7O4. The summed E-state index contributed by atoms with van der Waals surface area (Å²) in [4.78, 5) is 34.5. The van der Waals surface area contributed by atoms with E-state index in [1.54, 1.807) is 37.5 Å². The van der Waals surface area contributed by atoms with Gasteiger partial charge in [0.2, 0.25) is 0 Å². The average molecular weight is 530 g/mol. The quantitative estimate of drug-likeness (QED) is 0.237. The first-order valence-corrected chi connectivity index (χ1v) is 12.0. The molecule has 4 aromatic heterocycles. The molecule has 0 saturated carbocycles. The number of nitrogens with zero attached hydrogens (tertiary/aromatic N) is 4. The average Bonchev–Trinajstić information content (AvgIpc) is 3.34. The van der Waals surface area contributed by atoms with E-state index in [-0.39, 0.29) is 24.0 Å². The van der Waals surface area contributed by atoms with Crippen LogP contribution < -0.4 is 20.9 Å². The lowest BCUT2D eigenvalue weighted by molar-refractivity contribution is 0.102. The summed E-state index contributed by atoms with van der Waals surface area (Å²) in [5.74, 6) is 0.476. The minimum atomic E-state index is -0.635. The number of aromatic amines is 1. The van der Waals surface area contributed by atoms with E-state index in [0.717, 1.165) is 0 Å². The number of fused-ring (bicyclic) bond motifs is 1. The van der Waals surface area contributed by atoms with Crippen LogP contribution >= 0.6 is 0 Å². The molecule has 0 aliphatic heterocycles. The number of ether oxygens (including phenoxy) is 1. The third kappa shape index (κ3) is 5.45. The fourth-order valence-corrected chi connectivity index (χ4v) is 3.89. The van der Waals surface area contributed by atoms with Gasteiger partial charge in [-0.15, -0.1) is 0 Å². The second-order valence-corrected chi connectivity index (χ2v) is 8.85. The van der Waals surface area contributed by atoms with Gasteiger partial charge in [-0.05, 0) is 61.9 Å². The Morgan fingerprint density at radius 3 is 2.69 bits per heavy atom. The van der Waals surface area contributed by atoms with Crippen molar-refractivity contribution in [3.8, 4) is 17.2 Å². The summed E-state index contributed by atoms with van der Waals surface area (Å²) < 4.78 is 20.6. The van der Waals surface area contributed by atoms with Gasteiger partial charge in [0, 0.05) is 30.2 Å². The molecule has 1 atom stereocenters. The molecule has 0 spiro atoms. The molecule has 39 heavy (non-hydrogen) atoms. The molecule has 0 aliphatic rings. The number of nitrogens with one attached hydrogen (secondary N) is 3. The topological polar surface area (TPSA) is 147 Å². The van der Waals surface area contributed by atoms with E-state index in [1.807, 2.05) is 6.92 Å². The molecule has 0 unspecified atom stereocenters. The number of rotatable bonds is 8. The maximum Gasteiger partial charge on any atom is 0.267 e. The molecule has 4 N–H and O–H groups in total. The van der Waals surface area contributed by atoms with Crippen LogP contribution in [-0.4, -0.2) is 48.4 Å². The van der Waals surface area contributed by atoms with Gasteiger partial charge < -0.3 is 20.5 Å². The number of hydrogen-bond acceptors (Lipinski definition) is 8. The Bertz CT molecular complexity index is 1700. The number of carbonyl (C=O) groups is 1. The van der Waals surface area contributed by atoms with Crippen LogP contribution in [0.1, 0.15) is 22.8 Å². The SMILES string of the molecule is Cc1cc(C(=O)Nc2ccc(Oc3ccnc4[nH]nc(N[C@H](C)CO)c34)cn2)c(=O)n(-c2ccc(F)cc2)c1. The lowest BCUT2D eigenvalue weighted by Gasteiger charge is -2.12. The normalized spacial score (nSPS) is 11.8. The van der Waals surface area contributed by atoms with Crippen molar-refractivity contribution < 1.29 is 19.0 Å². The highest BCUT2D eigenvalue weighted by Crippen LogP contribution is 2.33. The second-order valence-electron chi connectivity index (χ2n) is 8.85. The predicted molar refractivity (Wildman–Crippen MR) is 143 cm³/mol. The van der Waals surface area contributed by atoms with Crippen molar-refractivity contribution in [1.82, 2.24) is 24.7 Å². The number of benzene rings is 1. The molecule has 0 fully saturated rings. The molecule has 5 rings (SSSR count). The summed E-state index contributed by atoms with van der Waals surface area (Å²) in [7, 11) is 0. The van der Waals surface area contributed by atoms with E-state index in [2.05, 4.69) is 30.8 Å². The number of hydrogen-bond donors (Lipinski definition) is 4. The first-order chi connectivity index (χ1) is 18.8. The van der Waals surface area contributed by atoms with E-state index in [9.17, 15) is 19.1 Å². The lowest BCUT2D eigenvalue weighted by atomic mass is 10.2. The van der Waals surface area contributed by atoms with Gasteiger partial charge in [0.25, 0.3) is 11.5 Å². The smallest absolute Gasteiger partial charge is 0.267 e. The van der Waals surface area contributed by atoms with Crippen LogP contribution in [0.15, 0.2) is 71.9 Å². The molecule has 4 heterocycles. The van der Waals surface area contributed by atoms with Crippen LogP contribution in [0.5, 0.6) is 11.5 Å². The first kappa shape index (κ1) is 25.5. The standard InChI is InChI=1S/C27H24FN7O4/c1-15-11-20(27(38)35(13-15)18-5-3-17(28)4-6-18)26(37)32-22-8-7-19(12-30-22)39-21-9-10-29-24-23(21)25(34-33-24)31-16(2)14-36/h3-13,16,36H,14H2,1-2H3,(H,30,32,37)(H2,29,31,33,34)/t16-/m1/s1. The van der Waals surface area contributed by atoms with Crippen molar-refractivity contribution in [3.63, 3.8) is 0 Å². The van der Waals surface area contributed by atoms with E-state index >= 15 is 0 Å². The molecule has 5 aromatic rings. The summed E-state index contributed by atoms with van der Waals surface area (Å²) in [6, 6.07) is 11.5. The number of pyridine rings is 3. The third-order valence-corrected chi connectivity index (χ3v) is 5.79. The number of aliphatic hydroxyl groups excluding tert-OH is 1. The fraction of sp³-hybridized carbons (Fsp3) is 0.148. The van der Waals surface area contributed by atoms with Gasteiger partial charge in [-0.2, -0.15) is 5.10 Å². The molecule has 0 radical (unpaired) electrons. The molecule has 11 nitrogen and oxygen atoms in total. The number of carbonyl (C=O) groups excluding carboxylic acids is 1. The van der Waals surface area contributed by atoms with Crippen LogP contribution in [0, 0.1) is 12.7 Å². The third-order valence-electron chi connectivity index (χ3n) is 5.79. The Morgan fingerprint density at radius 2 is 1.97 bits per heavy atom. The van der Waals surface area contributed by atoms with Gasteiger partial charge in [-0.1, -0.05) is 0 Å². The monoisotopic (exact) mass is 529 g/mol. The fourth-order valence-electron chi connectivity index (χ4n) is 3.89. The van der Waals surface area contributed by atoms with Crippen LogP contribution in [0.2, 0.25) is 0 Å². The number of aryl methyl sites for hydroxylation is 1. The highest BCUT2D eigenvalue weighted by Gasteiger charge is 2.17. The van der Waals surface area contributed by atoms with Crippen molar-refractivity contribution in [3.05, 3.63) is 94.4 Å². The largest absolute Gasteiger partial charge is 0.455 e. The summed E-state index contributed by atoms with van der Waals surface area (Å²) >= 11 is 0. The molecule has 1 aromatic carbocycles. The first-order valence-electron chi connectivity index (χ1n) is 12.0. The zero-order valence-corrected chi connectivity index (χ0v) is 21.0. The zero-order valence-electron chi connectivity index (χ0n) is 21.0. The molecule has 0 aliphatic carbocycles. The van der Waals surface area contributed by atoms with Gasteiger partial charge in [0.15, 0.2) is 11.5 Å². The van der Waals surface area contributed by atoms with Crippen LogP contribution in [0.25, 0.3) is 16.7 Å². The van der Waals surface area contributed by atoms with Gasteiger partial charge in [-0.25, -0.2) is 14.4 Å². The Balaban J connectivity index is 1.35. The number of amides is 1. The Labute approximate surface area is 221 Å². The number of anilines is 2. The lowest BCUT2D eigenvalue weighted by Crippen LogP contribution is -2.28. The van der Waals surface area contributed by atoms with E-state index in [4.69, 9.17) is 4.74 Å². The van der Waals surface area contributed by atoms with Crippen molar-refractivity contribution in [2.24, 2.45) is 0 Å². The van der Waals surface area contributed by atoms with Crippen LogP contribution in [0.3, 0.4) is 0 Å². The number of halogens is 1. The second kappa shape index (κ2) is 10.7. The minimum absolute atomic E-state index is 0.0788. The predicted octanol–water partition coefficient (Wildman–Crippen LogP) is 3.79. The molecule has 0 bridgehead atoms. The molecule has 198 valence electrons. The Morgan fingerprint density at radius 1 is 1.18 bits per heavy atom. The summed E-state index contributed by atoms with van der Waals surface area (Å²) in [6.45, 7) is 3.48. The van der Waals surface area contributed by atoms with Gasteiger partial charge in [0.1, 0.15) is 34.1 Å². The van der Waals surface area contributed by atoms with Gasteiger partial charge in [-0.3, -0.25) is 19.3 Å². The molecule has 0 saturated heterocycles. The summed E-state index contributed by atoms with van der Waals surface area (Å²) in [5.41, 5.74) is 0.974. The van der Waals surface area contributed by atoms with Crippen LogP contribution in [0.4, 0.5) is 16.0 Å². The molecule has 1 amide bonds. The van der Waals surface area contributed by atoms with Gasteiger partial charge in [0.05, 0.1) is 12.8 Å². The van der Waals surface area contributed by atoms with Crippen molar-refractivity contribution in [1.29, 1.82) is 0 Å². The molecule has 12 heteroatoms. The van der Waals surface area contributed by atoms with Crippen LogP contribution in [-0.2, 0) is 0 Å². The highest BCUT2D eigenvalue weighted by atomic mass is 19.1. The Kier molecular flexibility index (Phi) is 7.02. The molecular weight excluding hydrogens is 505 g/mol. The summed E-state index contributed by atoms with van der Waals surface area (Å²) in [6.07, 6.45) is 4.58. The summed E-state index contributed by atoms with van der Waals surface area (Å²) in [5, 5.41) is 22.7. The van der Waals surface area contributed by atoms with Gasteiger partial charge >= 0.3 is 0 Å². The minimum Gasteiger partial charge on any atom is -0.455 e. The number of H-pyrrole nitrogens is 1. The van der Waals surface area contributed by atoms with Crippen molar-refractivity contribution in [2.45, 2.75) is 19.9 Å². The number of aromatic nitrogens is 5. The highest BCUT2D eigenvalue weighted by molar-refractivity contribution is 6.03. The van der Waals surface area contributed by atoms with Crippen molar-refractivity contribution >= 4 is 28.6 Å². The maximum atomic E-state index is 13.3. The van der Waals surface area contributed by atoms with E-state index in [0.29, 0.717) is 39.6 Å². The van der Waals surface area contributed by atoms with Crippen molar-refractivity contribution in [2.75, 3.05) is 17.2 Å². The number of aliphatic hydroxyl groups is 1. The van der Waals surface area contributed by atoms with E-state index < -0.39 is 17.3 Å². The Hall–Kier alpha value is -5.10. The van der Waals surface area contributed by atoms with E-state index in [1.165, 1.54) is 41.1 Å².